The quantitative estimate of drug-likeness (QED) is 0.926. The molecule has 1 radical (unpaired) electrons. The Bertz CT molecular complexity index is 670. The maximum atomic E-state index is 12.4. The molecule has 0 spiro atoms. The van der Waals surface area contributed by atoms with E-state index in [9.17, 15) is 13.2 Å². The summed E-state index contributed by atoms with van der Waals surface area (Å²) in [5.74, 6) is 0. The van der Waals surface area contributed by atoms with Crippen molar-refractivity contribution in [2.75, 3.05) is 4.31 Å². The number of nitrogens with zero attached hydrogens (tertiary/aromatic N) is 1. The van der Waals surface area contributed by atoms with Gasteiger partial charge in [0.05, 0.1) is 10.6 Å². The molecule has 19 heavy (non-hydrogen) atoms. The average Bonchev–Trinajstić information content (AvgIpc) is 2.40. The van der Waals surface area contributed by atoms with E-state index in [0.29, 0.717) is 4.31 Å². The van der Waals surface area contributed by atoms with Gasteiger partial charge in [-0.1, -0.05) is 30.3 Å². The molecule has 2 aromatic rings. The Hall–Kier alpha value is -2.34. The smallest absolute Gasteiger partial charge is 0.333 e. The number of carbonyl (C=O) groups is 1. The molecular formula is C13H11N2O3S. The number of primary amides is 1. The maximum Gasteiger partial charge on any atom is 0.333 e. The lowest BCUT2D eigenvalue weighted by Gasteiger charge is -2.20. The van der Waals surface area contributed by atoms with Crippen molar-refractivity contribution in [2.45, 2.75) is 4.90 Å². The third-order valence-corrected chi connectivity index (χ3v) is 4.16. The lowest BCUT2D eigenvalue weighted by molar-refractivity contribution is 0.257. The summed E-state index contributed by atoms with van der Waals surface area (Å²) in [5, 5.41) is 0. The van der Waals surface area contributed by atoms with Crippen LogP contribution in [0.1, 0.15) is 0 Å². The number of amides is 2. The van der Waals surface area contributed by atoms with E-state index in [2.05, 4.69) is 6.07 Å². The van der Waals surface area contributed by atoms with Gasteiger partial charge in [0.1, 0.15) is 0 Å². The van der Waals surface area contributed by atoms with Crippen LogP contribution in [0.25, 0.3) is 0 Å². The summed E-state index contributed by atoms with van der Waals surface area (Å²) < 4.78 is 25.3. The zero-order chi connectivity index (χ0) is 13.9. The number of nitrogens with two attached hydrogens (primary N) is 1. The second-order valence-corrected chi connectivity index (χ2v) is 5.47. The van der Waals surface area contributed by atoms with E-state index < -0.39 is 16.1 Å². The van der Waals surface area contributed by atoms with Crippen molar-refractivity contribution in [3.05, 3.63) is 60.7 Å². The van der Waals surface area contributed by atoms with Crippen LogP contribution in [-0.2, 0) is 10.0 Å². The molecule has 0 heterocycles. The molecule has 0 aliphatic rings. The number of anilines is 1. The van der Waals surface area contributed by atoms with Crippen LogP contribution in [0.15, 0.2) is 59.5 Å². The molecule has 5 nitrogen and oxygen atoms in total. The minimum absolute atomic E-state index is 0.00151. The molecule has 2 aromatic carbocycles. The van der Waals surface area contributed by atoms with Gasteiger partial charge in [0.15, 0.2) is 0 Å². The Labute approximate surface area is 111 Å². The van der Waals surface area contributed by atoms with Crippen LogP contribution < -0.4 is 10.0 Å². The molecule has 0 aliphatic carbocycles. The van der Waals surface area contributed by atoms with E-state index in [1.165, 1.54) is 36.4 Å². The number of urea groups is 1. The first-order valence-electron chi connectivity index (χ1n) is 5.39. The molecule has 0 unspecified atom stereocenters. The SMILES string of the molecule is NC(=O)N(c1cc[c]cc1)S(=O)(=O)c1ccccc1. The van der Waals surface area contributed by atoms with Gasteiger partial charge in [0.25, 0.3) is 10.0 Å². The second-order valence-electron chi connectivity index (χ2n) is 3.68. The van der Waals surface area contributed by atoms with E-state index in [0.717, 1.165) is 0 Å². The van der Waals surface area contributed by atoms with Crippen LogP contribution in [-0.4, -0.2) is 14.4 Å². The van der Waals surface area contributed by atoms with Gasteiger partial charge >= 0.3 is 6.03 Å². The molecule has 6 heteroatoms. The van der Waals surface area contributed by atoms with Crippen LogP contribution in [0.2, 0.25) is 0 Å². The molecule has 97 valence electrons. The zero-order valence-corrected chi connectivity index (χ0v) is 10.7. The first kappa shape index (κ1) is 13.1. The van der Waals surface area contributed by atoms with Crippen molar-refractivity contribution < 1.29 is 13.2 Å². The monoisotopic (exact) mass is 275 g/mol. The highest BCUT2D eigenvalue weighted by molar-refractivity contribution is 7.93. The summed E-state index contributed by atoms with van der Waals surface area (Å²) in [6, 6.07) is 15.2. The lowest BCUT2D eigenvalue weighted by Crippen LogP contribution is -2.40. The van der Waals surface area contributed by atoms with Gasteiger partial charge in [-0.05, 0) is 30.3 Å². The molecule has 0 atom stereocenters. The average molecular weight is 275 g/mol. The zero-order valence-electron chi connectivity index (χ0n) is 9.85. The molecule has 2 amide bonds. The van der Waals surface area contributed by atoms with Crippen molar-refractivity contribution in [1.29, 1.82) is 0 Å². The van der Waals surface area contributed by atoms with Crippen LogP contribution in [0.3, 0.4) is 0 Å². The Morgan fingerprint density at radius 2 is 1.63 bits per heavy atom. The number of rotatable bonds is 3. The third kappa shape index (κ3) is 2.58. The Kier molecular flexibility index (Phi) is 3.52. The van der Waals surface area contributed by atoms with Crippen molar-refractivity contribution >= 4 is 21.7 Å². The summed E-state index contributed by atoms with van der Waals surface area (Å²) in [5.41, 5.74) is 5.37. The van der Waals surface area contributed by atoms with Crippen LogP contribution in [0.5, 0.6) is 0 Å². The number of hydrogen-bond donors (Lipinski definition) is 1. The van der Waals surface area contributed by atoms with Crippen molar-refractivity contribution in [3.8, 4) is 0 Å². The van der Waals surface area contributed by atoms with Gasteiger partial charge in [0, 0.05) is 0 Å². The highest BCUT2D eigenvalue weighted by Gasteiger charge is 2.28. The molecule has 2 N–H and O–H groups in total. The Morgan fingerprint density at radius 3 is 2.16 bits per heavy atom. The second kappa shape index (κ2) is 5.11. The molecule has 0 fully saturated rings. The summed E-state index contributed by atoms with van der Waals surface area (Å²) in [4.78, 5) is 11.5. The Morgan fingerprint density at radius 1 is 1.05 bits per heavy atom. The van der Waals surface area contributed by atoms with E-state index in [4.69, 9.17) is 5.73 Å². The molecule has 2 rings (SSSR count). The summed E-state index contributed by atoms with van der Waals surface area (Å²) >= 11 is 0. The fourth-order valence-electron chi connectivity index (χ4n) is 1.60. The minimum atomic E-state index is -4.01. The summed E-state index contributed by atoms with van der Waals surface area (Å²) in [6.45, 7) is 0. The maximum absolute atomic E-state index is 12.4. The van der Waals surface area contributed by atoms with E-state index >= 15 is 0 Å². The number of carbonyl (C=O) groups excluding carboxylic acids is 1. The van der Waals surface area contributed by atoms with Gasteiger partial charge in [0.2, 0.25) is 0 Å². The van der Waals surface area contributed by atoms with Crippen molar-refractivity contribution in [3.63, 3.8) is 0 Å². The molecule has 0 aliphatic heterocycles. The standard InChI is InChI=1S/C13H11N2O3S/c14-13(16)15(11-7-3-1-4-8-11)19(17,18)12-9-5-2-6-10-12/h2-10H,(H2,14,16). The van der Waals surface area contributed by atoms with Crippen LogP contribution >= 0.6 is 0 Å². The number of hydrogen-bond acceptors (Lipinski definition) is 3. The van der Waals surface area contributed by atoms with Gasteiger partial charge in [-0.25, -0.2) is 13.2 Å². The predicted octanol–water partition coefficient (Wildman–Crippen LogP) is 1.76. The molecular weight excluding hydrogens is 264 g/mol. The van der Waals surface area contributed by atoms with Gasteiger partial charge in [-0.2, -0.15) is 4.31 Å². The van der Waals surface area contributed by atoms with Crippen molar-refractivity contribution in [1.82, 2.24) is 0 Å². The van der Waals surface area contributed by atoms with E-state index in [-0.39, 0.29) is 10.6 Å². The first-order valence-corrected chi connectivity index (χ1v) is 6.83. The molecule has 0 saturated heterocycles. The molecule has 0 saturated carbocycles. The van der Waals surface area contributed by atoms with Crippen molar-refractivity contribution in [2.24, 2.45) is 5.73 Å². The fraction of sp³-hybridized carbons (Fsp3) is 0. The number of benzene rings is 2. The van der Waals surface area contributed by atoms with Crippen LogP contribution in [0.4, 0.5) is 10.5 Å². The van der Waals surface area contributed by atoms with E-state index in [1.807, 2.05) is 0 Å². The highest BCUT2D eigenvalue weighted by Crippen LogP contribution is 2.22. The minimum Gasteiger partial charge on any atom is -0.350 e. The fourth-order valence-corrected chi connectivity index (χ4v) is 2.94. The van der Waals surface area contributed by atoms with Crippen LogP contribution in [0, 0.1) is 6.07 Å². The highest BCUT2D eigenvalue weighted by atomic mass is 32.2. The molecule has 0 aromatic heterocycles. The van der Waals surface area contributed by atoms with Gasteiger partial charge in [-0.15, -0.1) is 0 Å². The largest absolute Gasteiger partial charge is 0.350 e. The predicted molar refractivity (Wildman–Crippen MR) is 71.0 cm³/mol. The van der Waals surface area contributed by atoms with Gasteiger partial charge < -0.3 is 5.73 Å². The summed E-state index contributed by atoms with van der Waals surface area (Å²) in [7, 11) is -4.01. The molecule has 0 bridgehead atoms. The van der Waals surface area contributed by atoms with E-state index in [1.54, 1.807) is 18.2 Å². The lowest BCUT2D eigenvalue weighted by atomic mass is 10.3. The number of sulfonamides is 1. The van der Waals surface area contributed by atoms with Gasteiger partial charge in [-0.3, -0.25) is 0 Å². The third-order valence-electron chi connectivity index (χ3n) is 2.42. The Balaban J connectivity index is 2.55. The first-order chi connectivity index (χ1) is 9.03. The topological polar surface area (TPSA) is 80.5 Å². The summed E-state index contributed by atoms with van der Waals surface area (Å²) in [6.07, 6.45) is 0. The normalized spacial score (nSPS) is 10.9.